The molecule has 0 fully saturated rings. The molecule has 0 saturated heterocycles. The number of benzene rings is 1. The molecule has 0 saturated carbocycles. The van der Waals surface area contributed by atoms with Crippen LogP contribution in [-0.4, -0.2) is 18.0 Å². The van der Waals surface area contributed by atoms with Gasteiger partial charge in [-0.2, -0.15) is 0 Å². The highest BCUT2D eigenvalue weighted by Crippen LogP contribution is 2.31. The Morgan fingerprint density at radius 1 is 1.20 bits per heavy atom. The summed E-state index contributed by atoms with van der Waals surface area (Å²) in [5.74, 6) is 0. The maximum Gasteiger partial charge on any atom is 0.0931 e. The molecule has 108 valence electrons. The van der Waals surface area contributed by atoms with Gasteiger partial charge in [0.05, 0.1) is 4.34 Å². The van der Waals surface area contributed by atoms with E-state index in [1.165, 1.54) is 10.4 Å². The average molecular weight is 309 g/mol. The highest BCUT2D eigenvalue weighted by Gasteiger charge is 2.17. The van der Waals surface area contributed by atoms with Gasteiger partial charge in [-0.05, 0) is 37.6 Å². The zero-order valence-corrected chi connectivity index (χ0v) is 13.3. The van der Waals surface area contributed by atoms with Crippen molar-refractivity contribution in [2.75, 3.05) is 13.1 Å². The summed E-state index contributed by atoms with van der Waals surface area (Å²) in [6.07, 6.45) is 1.01. The lowest BCUT2D eigenvalue weighted by Gasteiger charge is -2.28. The lowest BCUT2D eigenvalue weighted by molar-refractivity contribution is 0.203. The molecule has 1 heterocycles. The molecular weight excluding hydrogens is 288 g/mol. The number of thiophene rings is 1. The fraction of sp³-hybridized carbons (Fsp3) is 0.375. The molecule has 2 N–H and O–H groups in total. The third-order valence-corrected chi connectivity index (χ3v) is 4.83. The smallest absolute Gasteiger partial charge is 0.0931 e. The molecule has 0 aliphatic rings. The van der Waals surface area contributed by atoms with Gasteiger partial charge < -0.3 is 5.73 Å². The second-order valence-corrected chi connectivity index (χ2v) is 6.66. The maximum atomic E-state index is 6.05. The first kappa shape index (κ1) is 15.5. The molecule has 0 amide bonds. The van der Waals surface area contributed by atoms with E-state index in [1.807, 2.05) is 6.07 Å². The van der Waals surface area contributed by atoms with Crippen molar-refractivity contribution < 1.29 is 0 Å². The minimum absolute atomic E-state index is 0.360. The summed E-state index contributed by atoms with van der Waals surface area (Å²) in [5.41, 5.74) is 7.00. The highest BCUT2D eigenvalue weighted by molar-refractivity contribution is 7.16. The van der Waals surface area contributed by atoms with Crippen LogP contribution in [0, 0.1) is 0 Å². The van der Waals surface area contributed by atoms with Crippen LogP contribution in [0.4, 0.5) is 0 Å². The van der Waals surface area contributed by atoms with Gasteiger partial charge in [0.15, 0.2) is 0 Å². The molecule has 20 heavy (non-hydrogen) atoms. The van der Waals surface area contributed by atoms with E-state index in [1.54, 1.807) is 11.3 Å². The van der Waals surface area contributed by atoms with Crippen LogP contribution >= 0.6 is 22.9 Å². The normalized spacial score (nSPS) is 12.8. The molecule has 4 heteroatoms. The second kappa shape index (κ2) is 7.79. The van der Waals surface area contributed by atoms with Crippen molar-refractivity contribution in [2.24, 2.45) is 5.73 Å². The molecule has 0 aliphatic heterocycles. The van der Waals surface area contributed by atoms with Crippen molar-refractivity contribution in [2.45, 2.75) is 25.9 Å². The van der Waals surface area contributed by atoms with Crippen molar-refractivity contribution >= 4 is 22.9 Å². The quantitative estimate of drug-likeness (QED) is 0.825. The Labute approximate surface area is 130 Å². The standard InChI is InChI=1S/C16H21ClN2S/c1-13(15-8-9-16(17)20-15)19(11-5-10-18)12-14-6-3-2-4-7-14/h2-4,6-9,13H,5,10-12,18H2,1H3. The number of nitrogens with zero attached hydrogens (tertiary/aromatic N) is 1. The van der Waals surface area contributed by atoms with Gasteiger partial charge in [-0.25, -0.2) is 0 Å². The maximum absolute atomic E-state index is 6.05. The van der Waals surface area contributed by atoms with Crippen molar-refractivity contribution in [1.29, 1.82) is 0 Å². The summed E-state index contributed by atoms with van der Waals surface area (Å²) in [5, 5.41) is 0. The lowest BCUT2D eigenvalue weighted by atomic mass is 10.1. The number of nitrogens with two attached hydrogens (primary N) is 1. The van der Waals surface area contributed by atoms with Crippen LogP contribution in [0.1, 0.15) is 29.8 Å². The first-order valence-corrected chi connectivity index (χ1v) is 8.13. The molecule has 1 aromatic carbocycles. The van der Waals surface area contributed by atoms with Crippen LogP contribution in [0.5, 0.6) is 0 Å². The van der Waals surface area contributed by atoms with E-state index in [0.29, 0.717) is 6.04 Å². The molecular formula is C16H21ClN2S. The summed E-state index contributed by atoms with van der Waals surface area (Å²) in [6, 6.07) is 15.0. The number of rotatable bonds is 7. The molecule has 1 unspecified atom stereocenters. The Morgan fingerprint density at radius 2 is 1.95 bits per heavy atom. The zero-order chi connectivity index (χ0) is 14.4. The average Bonchev–Trinajstić information content (AvgIpc) is 2.90. The Bertz CT molecular complexity index is 512. The first-order chi connectivity index (χ1) is 9.70. The first-order valence-electron chi connectivity index (χ1n) is 6.94. The van der Waals surface area contributed by atoms with Crippen LogP contribution in [0.25, 0.3) is 0 Å². The van der Waals surface area contributed by atoms with E-state index in [-0.39, 0.29) is 0 Å². The third-order valence-electron chi connectivity index (χ3n) is 3.43. The van der Waals surface area contributed by atoms with Crippen molar-refractivity contribution in [3.05, 3.63) is 57.2 Å². The van der Waals surface area contributed by atoms with Crippen molar-refractivity contribution in [3.8, 4) is 0 Å². The van der Waals surface area contributed by atoms with E-state index in [9.17, 15) is 0 Å². The Morgan fingerprint density at radius 3 is 2.55 bits per heavy atom. The van der Waals surface area contributed by atoms with Crippen molar-refractivity contribution in [3.63, 3.8) is 0 Å². The molecule has 0 radical (unpaired) electrons. The lowest BCUT2D eigenvalue weighted by Crippen LogP contribution is -2.28. The molecule has 0 bridgehead atoms. The van der Waals surface area contributed by atoms with E-state index < -0.39 is 0 Å². The Kier molecular flexibility index (Phi) is 6.05. The molecule has 2 aromatic rings. The largest absolute Gasteiger partial charge is 0.330 e. The topological polar surface area (TPSA) is 29.3 Å². The van der Waals surface area contributed by atoms with E-state index >= 15 is 0 Å². The summed E-state index contributed by atoms with van der Waals surface area (Å²) >= 11 is 7.71. The molecule has 1 atom stereocenters. The van der Waals surface area contributed by atoms with Crippen LogP contribution in [-0.2, 0) is 6.54 Å². The minimum Gasteiger partial charge on any atom is -0.330 e. The second-order valence-electron chi connectivity index (χ2n) is 4.92. The van der Waals surface area contributed by atoms with Crippen LogP contribution in [0.15, 0.2) is 42.5 Å². The molecule has 0 spiro atoms. The van der Waals surface area contributed by atoms with Gasteiger partial charge >= 0.3 is 0 Å². The number of halogens is 1. The van der Waals surface area contributed by atoms with E-state index in [2.05, 4.69) is 48.2 Å². The predicted molar refractivity (Wildman–Crippen MR) is 88.3 cm³/mol. The third kappa shape index (κ3) is 4.32. The fourth-order valence-corrected chi connectivity index (χ4v) is 3.40. The monoisotopic (exact) mass is 308 g/mol. The summed E-state index contributed by atoms with van der Waals surface area (Å²) < 4.78 is 0.852. The number of hydrogen-bond donors (Lipinski definition) is 1. The molecule has 1 aromatic heterocycles. The summed E-state index contributed by atoms with van der Waals surface area (Å²) in [7, 11) is 0. The highest BCUT2D eigenvalue weighted by atomic mass is 35.5. The van der Waals surface area contributed by atoms with Crippen LogP contribution in [0.3, 0.4) is 0 Å². The molecule has 2 rings (SSSR count). The number of hydrogen-bond acceptors (Lipinski definition) is 3. The molecule has 2 nitrogen and oxygen atoms in total. The van der Waals surface area contributed by atoms with Gasteiger partial charge in [-0.1, -0.05) is 41.9 Å². The van der Waals surface area contributed by atoms with Gasteiger partial charge in [0.1, 0.15) is 0 Å². The van der Waals surface area contributed by atoms with Crippen LogP contribution < -0.4 is 5.73 Å². The Hall–Kier alpha value is -0.870. The fourth-order valence-electron chi connectivity index (χ4n) is 2.25. The summed E-state index contributed by atoms with van der Waals surface area (Å²) in [4.78, 5) is 3.77. The van der Waals surface area contributed by atoms with Gasteiger partial charge in [-0.3, -0.25) is 4.90 Å². The minimum atomic E-state index is 0.360. The van der Waals surface area contributed by atoms with Gasteiger partial charge in [0, 0.05) is 24.0 Å². The van der Waals surface area contributed by atoms with Gasteiger partial charge in [-0.15, -0.1) is 11.3 Å². The predicted octanol–water partition coefficient (Wildman–Crippen LogP) is 4.31. The van der Waals surface area contributed by atoms with Gasteiger partial charge in [0.25, 0.3) is 0 Å². The van der Waals surface area contributed by atoms with E-state index in [4.69, 9.17) is 17.3 Å². The molecule has 0 aliphatic carbocycles. The van der Waals surface area contributed by atoms with Crippen molar-refractivity contribution in [1.82, 2.24) is 4.90 Å². The zero-order valence-electron chi connectivity index (χ0n) is 11.8. The van der Waals surface area contributed by atoms with Gasteiger partial charge in [0.2, 0.25) is 0 Å². The SMILES string of the molecule is CC(c1ccc(Cl)s1)N(CCCN)Cc1ccccc1. The Balaban J connectivity index is 2.10. The van der Waals surface area contributed by atoms with Crippen LogP contribution in [0.2, 0.25) is 4.34 Å². The summed E-state index contributed by atoms with van der Waals surface area (Å²) in [6.45, 7) is 4.91. The van der Waals surface area contributed by atoms with E-state index in [0.717, 1.165) is 30.4 Å².